The van der Waals surface area contributed by atoms with Crippen LogP contribution < -0.4 is 0 Å². The van der Waals surface area contributed by atoms with Crippen LogP contribution in [0, 0.1) is 0 Å². The molecule has 10 heavy (non-hydrogen) atoms. The summed E-state index contributed by atoms with van der Waals surface area (Å²) >= 11 is 0. The molecule has 0 amide bonds. The Morgan fingerprint density at radius 3 is 2.50 bits per heavy atom. The lowest BCUT2D eigenvalue weighted by Gasteiger charge is -2.32. The van der Waals surface area contributed by atoms with Gasteiger partial charge in [-0.05, 0) is 20.3 Å². The quantitative estimate of drug-likeness (QED) is 0.586. The minimum Gasteiger partial charge on any atom is -0.388 e. The van der Waals surface area contributed by atoms with E-state index in [9.17, 15) is 5.11 Å². The highest BCUT2D eigenvalue weighted by Gasteiger charge is 2.29. The highest BCUT2D eigenvalue weighted by molar-refractivity contribution is 4.78. The largest absolute Gasteiger partial charge is 0.388 e. The summed E-state index contributed by atoms with van der Waals surface area (Å²) in [6, 6.07) is 0. The fraction of sp³-hybridized carbons (Fsp3) is 1.00. The number of hydrogen-bond acceptors (Lipinski definition) is 3. The van der Waals surface area contributed by atoms with Crippen LogP contribution in [-0.2, 0) is 9.47 Å². The Balaban J connectivity index is 2.39. The van der Waals surface area contributed by atoms with Gasteiger partial charge in [0, 0.05) is 0 Å². The van der Waals surface area contributed by atoms with Crippen molar-refractivity contribution in [3.8, 4) is 0 Å². The third kappa shape index (κ3) is 1.94. The predicted molar refractivity (Wildman–Crippen MR) is 36.6 cm³/mol. The molecule has 0 aromatic rings. The van der Waals surface area contributed by atoms with Crippen molar-refractivity contribution in [2.45, 2.75) is 32.0 Å². The van der Waals surface area contributed by atoms with Crippen molar-refractivity contribution in [1.29, 1.82) is 0 Å². The van der Waals surface area contributed by atoms with E-state index < -0.39 is 5.60 Å². The maximum atomic E-state index is 9.46. The fourth-order valence-corrected chi connectivity index (χ4v) is 1.02. The smallest absolute Gasteiger partial charge is 0.147 e. The van der Waals surface area contributed by atoms with E-state index in [2.05, 4.69) is 0 Å². The number of ether oxygens (including phenoxy) is 2. The lowest BCUT2D eigenvalue weighted by molar-refractivity contribution is -0.192. The van der Waals surface area contributed by atoms with Gasteiger partial charge in [0.1, 0.15) is 6.79 Å². The first-order valence-electron chi connectivity index (χ1n) is 3.52. The Morgan fingerprint density at radius 1 is 1.50 bits per heavy atom. The predicted octanol–water partition coefficient (Wildman–Crippen LogP) is 0.520. The molecule has 1 atom stereocenters. The molecule has 0 spiro atoms. The molecule has 1 aliphatic rings. The van der Waals surface area contributed by atoms with Crippen molar-refractivity contribution < 1.29 is 14.6 Å². The molecule has 0 aromatic heterocycles. The Hall–Kier alpha value is -0.120. The van der Waals surface area contributed by atoms with E-state index in [4.69, 9.17) is 9.47 Å². The summed E-state index contributed by atoms with van der Waals surface area (Å²) in [5.41, 5.74) is -0.732. The van der Waals surface area contributed by atoms with Crippen molar-refractivity contribution in [3.05, 3.63) is 0 Å². The SMILES string of the molecule is CC(C)(O)C1CCOCO1. The molecule has 1 heterocycles. The van der Waals surface area contributed by atoms with E-state index in [1.54, 1.807) is 13.8 Å². The maximum Gasteiger partial charge on any atom is 0.147 e. The summed E-state index contributed by atoms with van der Waals surface area (Å²) in [5.74, 6) is 0. The molecule has 3 heteroatoms. The minimum absolute atomic E-state index is 0.0683. The zero-order valence-corrected chi connectivity index (χ0v) is 6.46. The van der Waals surface area contributed by atoms with E-state index in [1.807, 2.05) is 0 Å². The molecular weight excluding hydrogens is 132 g/mol. The van der Waals surface area contributed by atoms with Crippen molar-refractivity contribution in [2.75, 3.05) is 13.4 Å². The third-order valence-corrected chi connectivity index (χ3v) is 1.66. The van der Waals surface area contributed by atoms with Crippen molar-refractivity contribution >= 4 is 0 Å². The molecule has 60 valence electrons. The first kappa shape index (κ1) is 7.98. The number of hydrogen-bond donors (Lipinski definition) is 1. The topological polar surface area (TPSA) is 38.7 Å². The van der Waals surface area contributed by atoms with Gasteiger partial charge >= 0.3 is 0 Å². The van der Waals surface area contributed by atoms with Crippen molar-refractivity contribution in [2.24, 2.45) is 0 Å². The second-order valence-corrected chi connectivity index (χ2v) is 3.12. The van der Waals surface area contributed by atoms with Gasteiger partial charge in [0.05, 0.1) is 18.3 Å². The molecule has 0 bridgehead atoms. The summed E-state index contributed by atoms with van der Waals surface area (Å²) in [6.45, 7) is 4.51. The van der Waals surface area contributed by atoms with E-state index in [0.717, 1.165) is 6.42 Å². The average molecular weight is 146 g/mol. The summed E-state index contributed by atoms with van der Waals surface area (Å²) in [6.07, 6.45) is 0.713. The molecule has 0 aliphatic carbocycles. The van der Waals surface area contributed by atoms with Gasteiger partial charge in [-0.3, -0.25) is 0 Å². The van der Waals surface area contributed by atoms with Gasteiger partial charge in [-0.25, -0.2) is 0 Å². The third-order valence-electron chi connectivity index (χ3n) is 1.66. The van der Waals surface area contributed by atoms with Gasteiger partial charge in [-0.1, -0.05) is 0 Å². The normalized spacial score (nSPS) is 28.5. The molecule has 0 saturated carbocycles. The fourth-order valence-electron chi connectivity index (χ4n) is 1.02. The Kier molecular flexibility index (Phi) is 2.28. The maximum absolute atomic E-state index is 9.46. The van der Waals surface area contributed by atoms with Crippen LogP contribution in [-0.4, -0.2) is 30.2 Å². The Labute approximate surface area is 60.9 Å². The zero-order valence-electron chi connectivity index (χ0n) is 6.46. The van der Waals surface area contributed by atoms with Crippen LogP contribution in [0.3, 0.4) is 0 Å². The first-order chi connectivity index (χ1) is 4.61. The second-order valence-electron chi connectivity index (χ2n) is 3.12. The Bertz CT molecular complexity index is 99.9. The highest BCUT2D eigenvalue weighted by atomic mass is 16.7. The molecule has 1 N–H and O–H groups in total. The lowest BCUT2D eigenvalue weighted by atomic mass is 9.99. The number of rotatable bonds is 1. The standard InChI is InChI=1S/C7H14O3/c1-7(2,8)6-3-4-9-5-10-6/h6,8H,3-5H2,1-2H3. The summed E-state index contributed by atoms with van der Waals surface area (Å²) < 4.78 is 10.1. The minimum atomic E-state index is -0.732. The summed E-state index contributed by atoms with van der Waals surface area (Å²) in [4.78, 5) is 0. The molecule has 3 nitrogen and oxygen atoms in total. The van der Waals surface area contributed by atoms with Crippen LogP contribution in [0.25, 0.3) is 0 Å². The molecular formula is C7H14O3. The molecule has 0 radical (unpaired) electrons. The summed E-state index contributed by atoms with van der Waals surface area (Å²) in [5, 5.41) is 9.46. The molecule has 0 aromatic carbocycles. The van der Waals surface area contributed by atoms with Gasteiger partial charge in [0.2, 0.25) is 0 Å². The lowest BCUT2D eigenvalue weighted by Crippen LogP contribution is -2.41. The van der Waals surface area contributed by atoms with Crippen LogP contribution in [0.15, 0.2) is 0 Å². The van der Waals surface area contributed by atoms with Gasteiger partial charge in [-0.15, -0.1) is 0 Å². The van der Waals surface area contributed by atoms with Crippen LogP contribution in [0.2, 0.25) is 0 Å². The van der Waals surface area contributed by atoms with Crippen LogP contribution >= 0.6 is 0 Å². The van der Waals surface area contributed by atoms with Crippen LogP contribution in [0.1, 0.15) is 20.3 Å². The van der Waals surface area contributed by atoms with E-state index in [0.29, 0.717) is 13.4 Å². The van der Waals surface area contributed by atoms with E-state index in [-0.39, 0.29) is 6.10 Å². The van der Waals surface area contributed by atoms with Crippen LogP contribution in [0.4, 0.5) is 0 Å². The van der Waals surface area contributed by atoms with Gasteiger partial charge in [0.25, 0.3) is 0 Å². The molecule has 1 unspecified atom stereocenters. The average Bonchev–Trinajstić information content (AvgIpc) is 1.88. The molecule has 1 fully saturated rings. The van der Waals surface area contributed by atoms with E-state index in [1.165, 1.54) is 0 Å². The first-order valence-corrected chi connectivity index (χ1v) is 3.52. The zero-order chi connectivity index (χ0) is 7.61. The van der Waals surface area contributed by atoms with Gasteiger partial charge < -0.3 is 14.6 Å². The van der Waals surface area contributed by atoms with Crippen molar-refractivity contribution in [1.82, 2.24) is 0 Å². The van der Waals surface area contributed by atoms with Crippen LogP contribution in [0.5, 0.6) is 0 Å². The molecule has 1 saturated heterocycles. The van der Waals surface area contributed by atoms with Gasteiger partial charge in [-0.2, -0.15) is 0 Å². The monoisotopic (exact) mass is 146 g/mol. The van der Waals surface area contributed by atoms with E-state index >= 15 is 0 Å². The number of aliphatic hydroxyl groups is 1. The second kappa shape index (κ2) is 2.86. The highest BCUT2D eigenvalue weighted by Crippen LogP contribution is 2.18. The Morgan fingerprint density at radius 2 is 2.20 bits per heavy atom. The summed E-state index contributed by atoms with van der Waals surface area (Å²) in [7, 11) is 0. The van der Waals surface area contributed by atoms with Gasteiger partial charge in [0.15, 0.2) is 0 Å². The molecule has 1 rings (SSSR count). The van der Waals surface area contributed by atoms with Crippen molar-refractivity contribution in [3.63, 3.8) is 0 Å². The molecule has 1 aliphatic heterocycles.